The minimum Gasteiger partial charge on any atom is -0.103 e. The molecule has 0 spiro atoms. The van der Waals surface area contributed by atoms with Crippen LogP contribution in [-0.4, -0.2) is 0 Å². The summed E-state index contributed by atoms with van der Waals surface area (Å²) in [6.07, 6.45) is 3.28. The van der Waals surface area contributed by atoms with E-state index in [2.05, 4.69) is 27.4 Å². The lowest BCUT2D eigenvalue weighted by Gasteiger charge is -2.06. The second-order valence-corrected chi connectivity index (χ2v) is 2.84. The molecule has 0 saturated heterocycles. The van der Waals surface area contributed by atoms with Gasteiger partial charge in [-0.15, -0.1) is 6.58 Å². The summed E-state index contributed by atoms with van der Waals surface area (Å²) in [6.45, 7) is 10.4. The van der Waals surface area contributed by atoms with Gasteiger partial charge in [0.1, 0.15) is 0 Å². The van der Waals surface area contributed by atoms with E-state index in [1.54, 1.807) is 0 Å². The van der Waals surface area contributed by atoms with Gasteiger partial charge in [0.25, 0.3) is 0 Å². The van der Waals surface area contributed by atoms with Crippen LogP contribution >= 0.6 is 0 Å². The fourth-order valence-electron chi connectivity index (χ4n) is 0.840. The summed E-state index contributed by atoms with van der Waals surface area (Å²) in [4.78, 5) is 0. The third kappa shape index (κ3) is 3.91. The van der Waals surface area contributed by atoms with E-state index in [1.807, 2.05) is 6.08 Å². The maximum Gasteiger partial charge on any atom is -0.0262 e. The summed E-state index contributed by atoms with van der Waals surface area (Å²) in [5, 5.41) is 0. The summed E-state index contributed by atoms with van der Waals surface area (Å²) in [5.74, 6) is 1.50. The molecule has 0 aliphatic carbocycles. The van der Waals surface area contributed by atoms with E-state index in [0.717, 1.165) is 5.92 Å². The second kappa shape index (κ2) is 3.71. The Morgan fingerprint density at radius 3 is 2.00 bits per heavy atom. The molecule has 8 heavy (non-hydrogen) atoms. The fourth-order valence-corrected chi connectivity index (χ4v) is 0.840. The smallest absolute Gasteiger partial charge is 0.0262 e. The predicted octanol–water partition coefficient (Wildman–Crippen LogP) is 2.85. The average molecular weight is 112 g/mol. The van der Waals surface area contributed by atoms with Crippen LogP contribution in [0.1, 0.15) is 27.2 Å². The molecule has 0 aliphatic heterocycles. The molecule has 0 heterocycles. The molecule has 0 rings (SSSR count). The van der Waals surface area contributed by atoms with Crippen molar-refractivity contribution in [2.75, 3.05) is 0 Å². The van der Waals surface area contributed by atoms with Crippen molar-refractivity contribution in [3.63, 3.8) is 0 Å². The van der Waals surface area contributed by atoms with Crippen LogP contribution in [0.3, 0.4) is 0 Å². The van der Waals surface area contributed by atoms with Gasteiger partial charge < -0.3 is 0 Å². The first kappa shape index (κ1) is 7.74. The molecule has 0 fully saturated rings. The van der Waals surface area contributed by atoms with Crippen LogP contribution in [0.15, 0.2) is 12.7 Å². The Hall–Kier alpha value is -0.260. The molecule has 0 unspecified atom stereocenters. The van der Waals surface area contributed by atoms with Crippen molar-refractivity contribution in [2.45, 2.75) is 27.2 Å². The van der Waals surface area contributed by atoms with Crippen molar-refractivity contribution in [1.82, 2.24) is 0 Å². The summed E-state index contributed by atoms with van der Waals surface area (Å²) >= 11 is 0. The maximum absolute atomic E-state index is 3.71. The zero-order valence-corrected chi connectivity index (χ0v) is 6.15. The van der Waals surface area contributed by atoms with Crippen LogP contribution in [0.4, 0.5) is 0 Å². The van der Waals surface area contributed by atoms with Crippen molar-refractivity contribution >= 4 is 0 Å². The van der Waals surface area contributed by atoms with E-state index in [1.165, 1.54) is 6.42 Å². The van der Waals surface area contributed by atoms with E-state index < -0.39 is 0 Å². The molecule has 1 atom stereocenters. The van der Waals surface area contributed by atoms with E-state index in [0.29, 0.717) is 5.92 Å². The van der Waals surface area contributed by atoms with Gasteiger partial charge >= 0.3 is 0 Å². The van der Waals surface area contributed by atoms with Crippen LogP contribution < -0.4 is 0 Å². The Labute approximate surface area is 52.6 Å². The molecule has 0 radical (unpaired) electrons. The third-order valence-corrected chi connectivity index (χ3v) is 1.25. The first-order valence-electron chi connectivity index (χ1n) is 3.29. The molecule has 0 aromatic heterocycles. The molecular weight excluding hydrogens is 96.1 g/mol. The highest BCUT2D eigenvalue weighted by atomic mass is 14.0. The normalized spacial score (nSPS) is 14.0. The minimum atomic E-state index is 0.690. The van der Waals surface area contributed by atoms with Gasteiger partial charge in [-0.2, -0.15) is 0 Å². The first-order chi connectivity index (χ1) is 3.66. The predicted molar refractivity (Wildman–Crippen MR) is 38.8 cm³/mol. The van der Waals surface area contributed by atoms with E-state index >= 15 is 0 Å². The highest BCUT2D eigenvalue weighted by Crippen LogP contribution is 2.10. The first-order valence-corrected chi connectivity index (χ1v) is 3.29. The zero-order valence-electron chi connectivity index (χ0n) is 6.15. The molecule has 0 N–H and O–H groups in total. The fraction of sp³-hybridized carbons (Fsp3) is 0.750. The van der Waals surface area contributed by atoms with E-state index in [9.17, 15) is 0 Å². The van der Waals surface area contributed by atoms with Gasteiger partial charge in [-0.25, -0.2) is 0 Å². The Morgan fingerprint density at radius 2 is 1.88 bits per heavy atom. The molecule has 0 aromatic carbocycles. The van der Waals surface area contributed by atoms with Crippen molar-refractivity contribution < 1.29 is 0 Å². The van der Waals surface area contributed by atoms with Gasteiger partial charge in [0.2, 0.25) is 0 Å². The highest BCUT2D eigenvalue weighted by Gasteiger charge is 1.97. The number of allylic oxidation sites excluding steroid dienone is 1. The molecule has 0 aromatic rings. The third-order valence-electron chi connectivity index (χ3n) is 1.25. The lowest BCUT2D eigenvalue weighted by Crippen LogP contribution is -1.94. The van der Waals surface area contributed by atoms with Crippen LogP contribution in [-0.2, 0) is 0 Å². The van der Waals surface area contributed by atoms with Gasteiger partial charge in [-0.3, -0.25) is 0 Å². The second-order valence-electron chi connectivity index (χ2n) is 2.84. The number of rotatable bonds is 3. The number of hydrogen-bond acceptors (Lipinski definition) is 0. The minimum absolute atomic E-state index is 0.690. The molecule has 0 bridgehead atoms. The Balaban J connectivity index is 3.23. The zero-order chi connectivity index (χ0) is 6.57. The Bertz CT molecular complexity index is 62.4. The van der Waals surface area contributed by atoms with Gasteiger partial charge in [0, 0.05) is 0 Å². The van der Waals surface area contributed by atoms with Gasteiger partial charge in [-0.1, -0.05) is 26.8 Å². The average Bonchev–Trinajstić information content (AvgIpc) is 1.65. The monoisotopic (exact) mass is 112 g/mol. The van der Waals surface area contributed by atoms with Gasteiger partial charge in [-0.05, 0) is 18.3 Å². The topological polar surface area (TPSA) is 0 Å². The summed E-state index contributed by atoms with van der Waals surface area (Å²) in [5.41, 5.74) is 0. The Morgan fingerprint density at radius 1 is 1.38 bits per heavy atom. The van der Waals surface area contributed by atoms with Crippen LogP contribution in [0.25, 0.3) is 0 Å². The largest absolute Gasteiger partial charge is 0.103 e. The van der Waals surface area contributed by atoms with Gasteiger partial charge in [0.05, 0.1) is 0 Å². The lowest BCUT2D eigenvalue weighted by atomic mass is 9.99. The molecule has 0 aliphatic rings. The number of hydrogen-bond donors (Lipinski definition) is 0. The molecule has 48 valence electrons. The summed E-state index contributed by atoms with van der Waals surface area (Å²) in [7, 11) is 0. The molecular formula is C8H16. The lowest BCUT2D eigenvalue weighted by molar-refractivity contribution is 0.503. The van der Waals surface area contributed by atoms with Crippen molar-refractivity contribution in [2.24, 2.45) is 11.8 Å². The maximum atomic E-state index is 3.71. The van der Waals surface area contributed by atoms with Gasteiger partial charge in [0.15, 0.2) is 0 Å². The summed E-state index contributed by atoms with van der Waals surface area (Å²) in [6, 6.07) is 0. The molecule has 0 nitrogen and oxygen atoms in total. The van der Waals surface area contributed by atoms with E-state index in [4.69, 9.17) is 0 Å². The molecule has 0 heteroatoms. The highest BCUT2D eigenvalue weighted by molar-refractivity contribution is 4.75. The SMILES string of the molecule is C=C[C@@H](C)CC(C)C. The van der Waals surface area contributed by atoms with Crippen LogP contribution in [0, 0.1) is 11.8 Å². The van der Waals surface area contributed by atoms with Crippen molar-refractivity contribution in [3.05, 3.63) is 12.7 Å². The van der Waals surface area contributed by atoms with Crippen molar-refractivity contribution in [1.29, 1.82) is 0 Å². The molecule has 0 saturated carbocycles. The standard InChI is InChI=1S/C8H16/c1-5-8(4)6-7(2)3/h5,7-8H,1,6H2,2-4H3/t8-/m1/s1. The van der Waals surface area contributed by atoms with Crippen LogP contribution in [0.2, 0.25) is 0 Å². The van der Waals surface area contributed by atoms with Crippen LogP contribution in [0.5, 0.6) is 0 Å². The quantitative estimate of drug-likeness (QED) is 0.492. The molecule has 0 amide bonds. The summed E-state index contributed by atoms with van der Waals surface area (Å²) < 4.78 is 0. The van der Waals surface area contributed by atoms with E-state index in [-0.39, 0.29) is 0 Å². The van der Waals surface area contributed by atoms with Crippen molar-refractivity contribution in [3.8, 4) is 0 Å². The Kier molecular flexibility index (Phi) is 3.59.